The summed E-state index contributed by atoms with van der Waals surface area (Å²) in [4.78, 5) is 0. The molecule has 0 spiro atoms. The van der Waals surface area contributed by atoms with Crippen molar-refractivity contribution in [3.05, 3.63) is 0 Å². The summed E-state index contributed by atoms with van der Waals surface area (Å²) in [6, 6.07) is 0. The minimum atomic E-state index is -0.125. The maximum absolute atomic E-state index is 7.62. The maximum Gasteiger partial charge on any atom is 0.0662 e. The molecule has 0 aliphatic heterocycles. The van der Waals surface area contributed by atoms with Gasteiger partial charge >= 0.3 is 0 Å². The van der Waals surface area contributed by atoms with Gasteiger partial charge in [0.25, 0.3) is 0 Å². The first kappa shape index (κ1) is 32.8. The zero-order chi connectivity index (χ0) is 20.0. The Labute approximate surface area is 160 Å². The summed E-state index contributed by atoms with van der Waals surface area (Å²) in [5.41, 5.74) is 0. The van der Waals surface area contributed by atoms with E-state index >= 15 is 0 Å². The van der Waals surface area contributed by atoms with Crippen LogP contribution in [0.1, 0.15) is 71.1 Å². The molecule has 0 saturated heterocycles. The van der Waals surface area contributed by atoms with E-state index in [4.69, 9.17) is 30.6 Å². The summed E-state index contributed by atoms with van der Waals surface area (Å²) in [6.45, 7) is 1.53. The lowest BCUT2D eigenvalue weighted by molar-refractivity contribution is 0.186. The molecular formula is C18H44O6S. The van der Waals surface area contributed by atoms with Crippen molar-refractivity contribution in [2.24, 2.45) is 0 Å². The average Bonchev–Trinajstić information content (AvgIpc) is 2.67. The number of unbranched alkanes of at least 4 members (excludes halogenated alkanes) is 9. The predicted molar refractivity (Wildman–Crippen MR) is 108 cm³/mol. The van der Waals surface area contributed by atoms with Gasteiger partial charge in [-0.05, 0) is 12.2 Å². The van der Waals surface area contributed by atoms with Gasteiger partial charge in [-0.25, -0.2) is 0 Å². The van der Waals surface area contributed by atoms with Crippen molar-refractivity contribution in [3.63, 3.8) is 0 Å². The highest BCUT2D eigenvalue weighted by atomic mass is 32.1. The fraction of sp³-hybridized carbons (Fsp3) is 1.00. The third-order valence-electron chi connectivity index (χ3n) is 2.81. The second-order valence-corrected chi connectivity index (χ2v) is 5.69. The van der Waals surface area contributed by atoms with Gasteiger partial charge in [0.15, 0.2) is 0 Å². The lowest BCUT2D eigenvalue weighted by Gasteiger charge is -2.00. The molecule has 0 bridgehead atoms. The van der Waals surface area contributed by atoms with Crippen LogP contribution < -0.4 is 0 Å². The van der Waals surface area contributed by atoms with Crippen molar-refractivity contribution < 1.29 is 30.6 Å². The Balaban J connectivity index is -0.000000150. The number of hydrogen-bond donors (Lipinski definition) is 7. The first-order valence-corrected chi connectivity index (χ1v) is 10.1. The van der Waals surface area contributed by atoms with Gasteiger partial charge in [-0.3, -0.25) is 0 Å². The van der Waals surface area contributed by atoms with Gasteiger partial charge in [-0.1, -0.05) is 64.7 Å². The van der Waals surface area contributed by atoms with Crippen LogP contribution >= 0.6 is 12.6 Å². The maximum atomic E-state index is 7.62. The van der Waals surface area contributed by atoms with E-state index in [9.17, 15) is 0 Å². The number of thiol groups is 1. The molecule has 0 unspecified atom stereocenters. The van der Waals surface area contributed by atoms with Gasteiger partial charge in [0.2, 0.25) is 0 Å². The van der Waals surface area contributed by atoms with E-state index in [1.807, 2.05) is 0 Å². The summed E-state index contributed by atoms with van der Waals surface area (Å²) in [7, 11) is 0. The van der Waals surface area contributed by atoms with Gasteiger partial charge in [0.05, 0.1) is 39.6 Å². The van der Waals surface area contributed by atoms with Crippen LogP contribution in [-0.4, -0.2) is 76.0 Å². The molecule has 0 aliphatic rings. The predicted octanol–water partition coefficient (Wildman–Crippen LogP) is 1.75. The number of rotatable bonds is 13. The Morgan fingerprint density at radius 3 is 0.880 bits per heavy atom. The topological polar surface area (TPSA) is 121 Å². The molecule has 0 aliphatic carbocycles. The summed E-state index contributed by atoms with van der Waals surface area (Å²) in [6.07, 6.45) is 14.2. The lowest BCUT2D eigenvalue weighted by atomic mass is 10.1. The van der Waals surface area contributed by atoms with E-state index in [1.54, 1.807) is 0 Å². The molecule has 0 aromatic carbocycles. The smallest absolute Gasteiger partial charge is 0.0662 e. The third kappa shape index (κ3) is 68.6. The molecular weight excluding hydrogens is 344 g/mol. The van der Waals surface area contributed by atoms with E-state index in [0.717, 1.165) is 5.75 Å². The molecule has 0 aromatic rings. The Hall–Kier alpha value is 0.110. The Morgan fingerprint density at radius 1 is 0.440 bits per heavy atom. The quantitative estimate of drug-likeness (QED) is 0.191. The van der Waals surface area contributed by atoms with Crippen LogP contribution in [0, 0.1) is 0 Å². The Kier molecular flexibility index (Phi) is 57.6. The first-order valence-electron chi connectivity index (χ1n) is 9.42. The van der Waals surface area contributed by atoms with Crippen molar-refractivity contribution in [1.82, 2.24) is 0 Å². The molecule has 0 atom stereocenters. The first-order chi connectivity index (χ1) is 12.2. The Bertz CT molecular complexity index is 139. The van der Waals surface area contributed by atoms with Crippen LogP contribution in [0.15, 0.2) is 0 Å². The highest BCUT2D eigenvalue weighted by molar-refractivity contribution is 7.80. The lowest BCUT2D eigenvalue weighted by Crippen LogP contribution is -1.85. The van der Waals surface area contributed by atoms with Gasteiger partial charge in [0.1, 0.15) is 0 Å². The zero-order valence-electron chi connectivity index (χ0n) is 16.2. The molecule has 6 nitrogen and oxygen atoms in total. The van der Waals surface area contributed by atoms with Crippen molar-refractivity contribution in [2.75, 3.05) is 45.4 Å². The molecule has 25 heavy (non-hydrogen) atoms. The van der Waals surface area contributed by atoms with Gasteiger partial charge in [-0.15, -0.1) is 0 Å². The van der Waals surface area contributed by atoms with Crippen LogP contribution in [0.3, 0.4) is 0 Å². The second kappa shape index (κ2) is 44.0. The Morgan fingerprint density at radius 2 is 0.680 bits per heavy atom. The molecule has 0 radical (unpaired) electrons. The minimum absolute atomic E-state index is 0.125. The minimum Gasteiger partial charge on any atom is -0.394 e. The fourth-order valence-corrected chi connectivity index (χ4v) is 1.82. The monoisotopic (exact) mass is 388 g/mol. The molecule has 0 heterocycles. The molecule has 7 heteroatoms. The molecule has 0 aromatic heterocycles. The van der Waals surface area contributed by atoms with E-state index in [0.29, 0.717) is 0 Å². The largest absolute Gasteiger partial charge is 0.394 e. The normalized spacial score (nSPS) is 9.12. The van der Waals surface area contributed by atoms with Crippen molar-refractivity contribution in [3.8, 4) is 0 Å². The number of hydrogen-bond acceptors (Lipinski definition) is 7. The summed E-state index contributed by atoms with van der Waals surface area (Å²) in [5.74, 6) is 1.07. The number of aliphatic hydroxyl groups excluding tert-OH is 6. The second-order valence-electron chi connectivity index (χ2n) is 5.25. The summed E-state index contributed by atoms with van der Waals surface area (Å²) in [5, 5.41) is 45.8. The SMILES string of the molecule is CCCCCCCCCCCCS.OCCO.OCCO.OCCO. The molecule has 0 amide bonds. The van der Waals surface area contributed by atoms with Crippen molar-refractivity contribution in [2.45, 2.75) is 71.1 Å². The van der Waals surface area contributed by atoms with Crippen molar-refractivity contribution >= 4 is 12.6 Å². The van der Waals surface area contributed by atoms with Crippen LogP contribution in [0.25, 0.3) is 0 Å². The van der Waals surface area contributed by atoms with Crippen LogP contribution in [0.4, 0.5) is 0 Å². The highest BCUT2D eigenvalue weighted by Crippen LogP contribution is 2.10. The van der Waals surface area contributed by atoms with E-state index in [2.05, 4.69) is 19.6 Å². The van der Waals surface area contributed by atoms with Crippen LogP contribution in [0.2, 0.25) is 0 Å². The molecule has 6 N–H and O–H groups in total. The van der Waals surface area contributed by atoms with Gasteiger partial charge < -0.3 is 30.6 Å². The third-order valence-corrected chi connectivity index (χ3v) is 3.13. The highest BCUT2D eigenvalue weighted by Gasteiger charge is 1.91. The molecule has 0 rings (SSSR count). The fourth-order valence-electron chi connectivity index (χ4n) is 1.60. The van der Waals surface area contributed by atoms with Crippen LogP contribution in [0.5, 0.6) is 0 Å². The van der Waals surface area contributed by atoms with E-state index in [-0.39, 0.29) is 39.6 Å². The molecule has 0 saturated carbocycles. The summed E-state index contributed by atoms with van der Waals surface area (Å²) < 4.78 is 0. The van der Waals surface area contributed by atoms with Crippen molar-refractivity contribution in [1.29, 1.82) is 0 Å². The van der Waals surface area contributed by atoms with Gasteiger partial charge in [-0.2, -0.15) is 12.6 Å². The standard InChI is InChI=1S/C12H26S.3C2H6O2/c1-2-3-4-5-6-7-8-9-10-11-12-13;3*3-1-2-4/h13H,2-12H2,1H3;3*3-4H,1-2H2. The zero-order valence-corrected chi connectivity index (χ0v) is 17.0. The molecule has 158 valence electrons. The summed E-state index contributed by atoms with van der Waals surface area (Å²) >= 11 is 4.20. The van der Waals surface area contributed by atoms with E-state index in [1.165, 1.54) is 64.2 Å². The van der Waals surface area contributed by atoms with Gasteiger partial charge in [0, 0.05) is 0 Å². The molecule has 0 fully saturated rings. The number of aliphatic hydroxyl groups is 6. The van der Waals surface area contributed by atoms with E-state index < -0.39 is 0 Å². The van der Waals surface area contributed by atoms with Crippen LogP contribution in [-0.2, 0) is 0 Å². The average molecular weight is 389 g/mol.